The van der Waals surface area contributed by atoms with Crippen LogP contribution < -0.4 is 10.9 Å². The molecule has 1 aromatic heterocycles. The fraction of sp³-hybridized carbons (Fsp3) is 0.562. The fourth-order valence-electron chi connectivity index (χ4n) is 2.97. The molecule has 1 aromatic rings. The molecule has 1 fully saturated rings. The molecule has 0 bridgehead atoms. The second-order valence-electron chi connectivity index (χ2n) is 5.86. The van der Waals surface area contributed by atoms with E-state index in [0.29, 0.717) is 24.4 Å². The van der Waals surface area contributed by atoms with Crippen molar-refractivity contribution in [3.05, 3.63) is 32.7 Å². The number of pyridine rings is 1. The van der Waals surface area contributed by atoms with Gasteiger partial charge in [0.15, 0.2) is 0 Å². The Kier molecular flexibility index (Phi) is 4.99. The summed E-state index contributed by atoms with van der Waals surface area (Å²) >= 11 is 0. The summed E-state index contributed by atoms with van der Waals surface area (Å²) in [6.07, 6.45) is 0.936. The Morgan fingerprint density at radius 3 is 2.82 bits per heavy atom. The van der Waals surface area contributed by atoms with E-state index in [4.69, 9.17) is 5.26 Å². The average molecular weight is 302 g/mol. The Morgan fingerprint density at radius 1 is 1.45 bits per heavy atom. The molecule has 1 unspecified atom stereocenters. The predicted octanol–water partition coefficient (Wildman–Crippen LogP) is 0.616. The van der Waals surface area contributed by atoms with Gasteiger partial charge in [-0.05, 0) is 38.3 Å². The predicted molar refractivity (Wildman–Crippen MR) is 83.6 cm³/mol. The Labute approximate surface area is 130 Å². The molecule has 0 saturated carbocycles. The molecule has 1 amide bonds. The summed E-state index contributed by atoms with van der Waals surface area (Å²) in [7, 11) is 0. The minimum Gasteiger partial charge on any atom is -0.340 e. The average Bonchev–Trinajstić information content (AvgIpc) is 2.46. The van der Waals surface area contributed by atoms with Gasteiger partial charge in [0.05, 0.1) is 0 Å². The van der Waals surface area contributed by atoms with Crippen LogP contribution in [-0.2, 0) is 11.2 Å². The van der Waals surface area contributed by atoms with Crippen LogP contribution in [0.15, 0.2) is 4.79 Å². The highest BCUT2D eigenvalue weighted by Gasteiger charge is 2.21. The van der Waals surface area contributed by atoms with Crippen molar-refractivity contribution in [3.63, 3.8) is 0 Å². The fourth-order valence-corrected chi connectivity index (χ4v) is 2.97. The van der Waals surface area contributed by atoms with Crippen LogP contribution in [0, 0.1) is 25.2 Å². The van der Waals surface area contributed by atoms with Gasteiger partial charge < -0.3 is 15.2 Å². The number of nitrogens with one attached hydrogen (secondary N) is 2. The SMILES string of the molecule is Cc1[nH]c(=O)c(C#N)c(C)c1CCC(=O)N1CCNC(C)C1. The summed E-state index contributed by atoms with van der Waals surface area (Å²) < 4.78 is 0. The van der Waals surface area contributed by atoms with Gasteiger partial charge in [0.1, 0.15) is 11.6 Å². The Bertz CT molecular complexity index is 672. The minimum atomic E-state index is -0.358. The van der Waals surface area contributed by atoms with Gasteiger partial charge in [-0.25, -0.2) is 0 Å². The molecule has 22 heavy (non-hydrogen) atoms. The van der Waals surface area contributed by atoms with Gasteiger partial charge in [-0.1, -0.05) is 0 Å². The molecule has 0 aromatic carbocycles. The number of hydrogen-bond donors (Lipinski definition) is 2. The van der Waals surface area contributed by atoms with Crippen LogP contribution in [0.5, 0.6) is 0 Å². The normalized spacial score (nSPS) is 18.1. The van der Waals surface area contributed by atoms with Crippen molar-refractivity contribution in [3.8, 4) is 6.07 Å². The lowest BCUT2D eigenvalue weighted by atomic mass is 9.98. The van der Waals surface area contributed by atoms with Crippen LogP contribution in [0.25, 0.3) is 0 Å². The molecule has 1 atom stereocenters. The van der Waals surface area contributed by atoms with Crippen molar-refractivity contribution in [2.45, 2.75) is 39.7 Å². The number of H-pyrrole nitrogens is 1. The standard InChI is InChI=1S/C16H22N4O2/c1-10-9-20(7-6-18-10)15(21)5-4-13-11(2)14(8-17)16(22)19-12(13)3/h10,18H,4-7,9H2,1-3H3,(H,19,22). The zero-order valence-electron chi connectivity index (χ0n) is 13.3. The Morgan fingerprint density at radius 2 is 2.18 bits per heavy atom. The second kappa shape index (κ2) is 6.75. The van der Waals surface area contributed by atoms with Crippen molar-refractivity contribution in [2.75, 3.05) is 19.6 Å². The van der Waals surface area contributed by atoms with E-state index in [2.05, 4.69) is 17.2 Å². The Balaban J connectivity index is 2.10. The Hall–Kier alpha value is -2.13. The van der Waals surface area contributed by atoms with E-state index in [9.17, 15) is 9.59 Å². The number of hydrogen-bond acceptors (Lipinski definition) is 4. The summed E-state index contributed by atoms with van der Waals surface area (Å²) in [4.78, 5) is 28.6. The molecule has 1 aliphatic heterocycles. The molecular weight excluding hydrogens is 280 g/mol. The van der Waals surface area contributed by atoms with Crippen molar-refractivity contribution in [1.29, 1.82) is 5.26 Å². The molecule has 6 nitrogen and oxygen atoms in total. The number of piperazine rings is 1. The molecular formula is C16H22N4O2. The van der Waals surface area contributed by atoms with Crippen LogP contribution in [0.3, 0.4) is 0 Å². The minimum absolute atomic E-state index is 0.122. The zero-order valence-corrected chi connectivity index (χ0v) is 13.3. The third kappa shape index (κ3) is 3.37. The maximum atomic E-state index is 12.3. The number of amides is 1. The molecule has 0 radical (unpaired) electrons. The smallest absolute Gasteiger partial charge is 0.266 e. The quantitative estimate of drug-likeness (QED) is 0.856. The first-order valence-electron chi connectivity index (χ1n) is 7.57. The molecule has 2 rings (SSSR count). The highest BCUT2D eigenvalue weighted by Crippen LogP contribution is 2.16. The molecule has 6 heteroatoms. The molecule has 2 heterocycles. The van der Waals surface area contributed by atoms with Gasteiger partial charge >= 0.3 is 0 Å². The maximum absolute atomic E-state index is 12.3. The zero-order chi connectivity index (χ0) is 16.3. The molecule has 0 spiro atoms. The van der Waals surface area contributed by atoms with E-state index < -0.39 is 0 Å². The number of aromatic nitrogens is 1. The van der Waals surface area contributed by atoms with E-state index in [1.165, 1.54) is 0 Å². The summed E-state index contributed by atoms with van der Waals surface area (Å²) in [6, 6.07) is 2.26. The summed E-state index contributed by atoms with van der Waals surface area (Å²) in [5, 5.41) is 12.4. The van der Waals surface area contributed by atoms with E-state index in [1.807, 2.05) is 17.9 Å². The van der Waals surface area contributed by atoms with Crippen LogP contribution in [0.2, 0.25) is 0 Å². The van der Waals surface area contributed by atoms with Gasteiger partial charge in [-0.15, -0.1) is 0 Å². The van der Waals surface area contributed by atoms with Gasteiger partial charge in [0.25, 0.3) is 5.56 Å². The topological polar surface area (TPSA) is 89.0 Å². The number of nitriles is 1. The van der Waals surface area contributed by atoms with Crippen molar-refractivity contribution >= 4 is 5.91 Å². The number of carbonyl (C=O) groups excluding carboxylic acids is 1. The largest absolute Gasteiger partial charge is 0.340 e. The number of rotatable bonds is 3. The van der Waals surface area contributed by atoms with Gasteiger partial charge in [0.2, 0.25) is 5.91 Å². The first kappa shape index (κ1) is 16.2. The van der Waals surface area contributed by atoms with Gasteiger partial charge in [-0.3, -0.25) is 9.59 Å². The highest BCUT2D eigenvalue weighted by molar-refractivity contribution is 5.76. The molecule has 2 N–H and O–H groups in total. The van der Waals surface area contributed by atoms with Gasteiger partial charge in [0, 0.05) is 37.8 Å². The highest BCUT2D eigenvalue weighted by atomic mass is 16.2. The maximum Gasteiger partial charge on any atom is 0.266 e. The summed E-state index contributed by atoms with van der Waals surface area (Å²) in [5.41, 5.74) is 2.10. The molecule has 0 aliphatic carbocycles. The first-order valence-corrected chi connectivity index (χ1v) is 7.57. The van der Waals surface area contributed by atoms with Gasteiger partial charge in [-0.2, -0.15) is 5.26 Å². The summed E-state index contributed by atoms with van der Waals surface area (Å²) in [5.74, 6) is 0.122. The first-order chi connectivity index (χ1) is 10.4. The van der Waals surface area contributed by atoms with E-state index in [1.54, 1.807) is 6.92 Å². The second-order valence-corrected chi connectivity index (χ2v) is 5.86. The number of aromatic amines is 1. The third-order valence-electron chi connectivity index (χ3n) is 4.23. The molecule has 1 aliphatic rings. The monoisotopic (exact) mass is 302 g/mol. The summed E-state index contributed by atoms with van der Waals surface area (Å²) in [6.45, 7) is 7.93. The lowest BCUT2D eigenvalue weighted by Gasteiger charge is -2.32. The van der Waals surface area contributed by atoms with Crippen LogP contribution >= 0.6 is 0 Å². The van der Waals surface area contributed by atoms with Crippen LogP contribution in [0.4, 0.5) is 0 Å². The van der Waals surface area contributed by atoms with Crippen molar-refractivity contribution in [1.82, 2.24) is 15.2 Å². The molecule has 1 saturated heterocycles. The lowest BCUT2D eigenvalue weighted by molar-refractivity contribution is -0.132. The van der Waals surface area contributed by atoms with E-state index in [-0.39, 0.29) is 17.0 Å². The third-order valence-corrected chi connectivity index (χ3v) is 4.23. The van der Waals surface area contributed by atoms with Crippen molar-refractivity contribution < 1.29 is 4.79 Å². The van der Waals surface area contributed by atoms with Crippen LogP contribution in [0.1, 0.15) is 35.7 Å². The van der Waals surface area contributed by atoms with Crippen molar-refractivity contribution in [2.24, 2.45) is 0 Å². The number of carbonyl (C=O) groups is 1. The number of nitrogens with zero attached hydrogens (tertiary/aromatic N) is 2. The molecule has 118 valence electrons. The van der Waals surface area contributed by atoms with E-state index in [0.717, 1.165) is 30.9 Å². The van der Waals surface area contributed by atoms with Crippen LogP contribution in [-0.4, -0.2) is 41.5 Å². The lowest BCUT2D eigenvalue weighted by Crippen LogP contribution is -2.51. The number of aryl methyl sites for hydroxylation is 1. The van der Waals surface area contributed by atoms with E-state index >= 15 is 0 Å².